The third-order valence-corrected chi connectivity index (χ3v) is 3.04. The van der Waals surface area contributed by atoms with Crippen LogP contribution < -0.4 is 5.32 Å². The predicted octanol–water partition coefficient (Wildman–Crippen LogP) is 2.97. The summed E-state index contributed by atoms with van der Waals surface area (Å²) in [6.45, 7) is 9.42. The number of rotatable bonds is 4. The van der Waals surface area contributed by atoms with E-state index in [0.29, 0.717) is 0 Å². The summed E-state index contributed by atoms with van der Waals surface area (Å²) in [6.07, 6.45) is 0.726. The molecule has 1 rings (SSSR count). The van der Waals surface area contributed by atoms with E-state index in [4.69, 9.17) is 5.11 Å². The molecule has 4 nitrogen and oxygen atoms in total. The number of hydrogen-bond donors (Lipinski definition) is 3. The van der Waals surface area contributed by atoms with Gasteiger partial charge < -0.3 is 15.5 Å². The Morgan fingerprint density at radius 2 is 1.81 bits per heavy atom. The lowest BCUT2D eigenvalue weighted by atomic mass is 9.81. The number of nitrogens with one attached hydrogen (secondary N) is 1. The van der Waals surface area contributed by atoms with Gasteiger partial charge in [0.1, 0.15) is 0 Å². The van der Waals surface area contributed by atoms with Gasteiger partial charge in [-0.1, -0.05) is 26.8 Å². The number of hydrogen-bond acceptors (Lipinski definition) is 3. The highest BCUT2D eigenvalue weighted by Gasteiger charge is 2.28. The summed E-state index contributed by atoms with van der Waals surface area (Å²) >= 11 is 0. The molecule has 21 heavy (non-hydrogen) atoms. The third kappa shape index (κ3) is 4.70. The molecule has 0 spiro atoms. The van der Waals surface area contributed by atoms with E-state index in [0.717, 1.165) is 6.42 Å². The second-order valence-corrected chi connectivity index (χ2v) is 7.17. The molecule has 5 heteroatoms. The maximum atomic E-state index is 13.7. The van der Waals surface area contributed by atoms with Crippen LogP contribution >= 0.6 is 0 Å². The molecule has 3 N–H and O–H groups in total. The first-order valence-electron chi connectivity index (χ1n) is 6.90. The zero-order valence-electron chi connectivity index (χ0n) is 13.2. The third-order valence-electron chi connectivity index (χ3n) is 3.04. The summed E-state index contributed by atoms with van der Waals surface area (Å²) in [7, 11) is 0. The molecule has 1 aromatic rings. The van der Waals surface area contributed by atoms with Gasteiger partial charge in [-0.2, -0.15) is 0 Å². The van der Waals surface area contributed by atoms with Gasteiger partial charge in [-0.3, -0.25) is 4.79 Å². The second-order valence-electron chi connectivity index (χ2n) is 7.17. The SMILES string of the molecule is CC(C)(C)CC(C)(C)NC(=O)c1ccc(CO)c(F)c1O. The highest BCUT2D eigenvalue weighted by molar-refractivity contribution is 5.97. The van der Waals surface area contributed by atoms with Crippen LogP contribution in [0, 0.1) is 11.2 Å². The molecular weight excluding hydrogens is 273 g/mol. The second kappa shape index (κ2) is 6.02. The lowest BCUT2D eigenvalue weighted by Gasteiger charge is -2.33. The fourth-order valence-corrected chi connectivity index (χ4v) is 2.66. The van der Waals surface area contributed by atoms with Crippen molar-refractivity contribution in [1.82, 2.24) is 5.32 Å². The quantitative estimate of drug-likeness (QED) is 0.800. The van der Waals surface area contributed by atoms with Gasteiger partial charge in [-0.15, -0.1) is 0 Å². The number of aliphatic hydroxyl groups excluding tert-OH is 1. The Kier molecular flexibility index (Phi) is 4.99. The molecule has 0 bridgehead atoms. The van der Waals surface area contributed by atoms with Gasteiger partial charge >= 0.3 is 0 Å². The summed E-state index contributed by atoms with van der Waals surface area (Å²) in [5, 5.41) is 21.5. The molecule has 0 unspecified atom stereocenters. The molecule has 0 radical (unpaired) electrons. The summed E-state index contributed by atoms with van der Waals surface area (Å²) < 4.78 is 13.7. The van der Waals surface area contributed by atoms with Gasteiger partial charge in [0.2, 0.25) is 0 Å². The predicted molar refractivity (Wildman–Crippen MR) is 79.6 cm³/mol. The normalized spacial score (nSPS) is 12.3. The number of carbonyl (C=O) groups is 1. The molecule has 0 heterocycles. The van der Waals surface area contributed by atoms with Crippen molar-refractivity contribution < 1.29 is 19.4 Å². The first-order valence-corrected chi connectivity index (χ1v) is 6.90. The van der Waals surface area contributed by atoms with E-state index < -0.39 is 29.6 Å². The van der Waals surface area contributed by atoms with Crippen LogP contribution in [0.3, 0.4) is 0 Å². The van der Waals surface area contributed by atoms with Crippen molar-refractivity contribution >= 4 is 5.91 Å². The van der Waals surface area contributed by atoms with E-state index in [1.165, 1.54) is 12.1 Å². The van der Waals surface area contributed by atoms with Gasteiger partial charge in [0.25, 0.3) is 5.91 Å². The molecule has 0 atom stereocenters. The molecule has 1 aromatic carbocycles. The van der Waals surface area contributed by atoms with Crippen LogP contribution in [0.4, 0.5) is 4.39 Å². The monoisotopic (exact) mass is 297 g/mol. The Morgan fingerprint density at radius 3 is 2.29 bits per heavy atom. The fraction of sp³-hybridized carbons (Fsp3) is 0.562. The van der Waals surface area contributed by atoms with Gasteiger partial charge in [-0.05, 0) is 31.7 Å². The highest BCUT2D eigenvalue weighted by Crippen LogP contribution is 2.29. The van der Waals surface area contributed by atoms with E-state index in [-0.39, 0.29) is 16.5 Å². The number of carbonyl (C=O) groups excluding carboxylic acids is 1. The van der Waals surface area contributed by atoms with Gasteiger partial charge in [0.15, 0.2) is 11.6 Å². The van der Waals surface area contributed by atoms with Crippen LogP contribution in [0.15, 0.2) is 12.1 Å². The molecule has 0 saturated heterocycles. The fourth-order valence-electron chi connectivity index (χ4n) is 2.66. The zero-order valence-corrected chi connectivity index (χ0v) is 13.2. The number of aromatic hydroxyl groups is 1. The van der Waals surface area contributed by atoms with Crippen LogP contribution in [-0.2, 0) is 6.61 Å². The molecular formula is C16H24FNO3. The van der Waals surface area contributed by atoms with Crippen molar-refractivity contribution in [2.24, 2.45) is 5.41 Å². The van der Waals surface area contributed by atoms with Gasteiger partial charge in [-0.25, -0.2) is 4.39 Å². The minimum Gasteiger partial charge on any atom is -0.504 e. The van der Waals surface area contributed by atoms with Crippen molar-refractivity contribution in [3.8, 4) is 5.75 Å². The van der Waals surface area contributed by atoms with Crippen molar-refractivity contribution in [2.45, 2.75) is 53.2 Å². The van der Waals surface area contributed by atoms with Crippen LogP contribution in [-0.4, -0.2) is 21.7 Å². The van der Waals surface area contributed by atoms with Crippen LogP contribution in [0.5, 0.6) is 5.75 Å². The Labute approximate surface area is 125 Å². The standard InChI is InChI=1S/C16H24FNO3/c1-15(2,3)9-16(4,5)18-14(21)11-7-6-10(8-19)12(17)13(11)20/h6-7,19-20H,8-9H2,1-5H3,(H,18,21). The molecule has 0 aromatic heterocycles. The Hall–Kier alpha value is -1.62. The smallest absolute Gasteiger partial charge is 0.255 e. The molecule has 1 amide bonds. The molecule has 118 valence electrons. The molecule has 0 aliphatic carbocycles. The van der Waals surface area contributed by atoms with E-state index in [9.17, 15) is 14.3 Å². The number of amides is 1. The number of phenols is 1. The maximum absolute atomic E-state index is 13.7. The van der Waals surface area contributed by atoms with Crippen molar-refractivity contribution in [3.05, 3.63) is 29.1 Å². The average molecular weight is 297 g/mol. The van der Waals surface area contributed by atoms with Gasteiger partial charge in [0, 0.05) is 11.1 Å². The minimum atomic E-state index is -0.959. The van der Waals surface area contributed by atoms with E-state index in [2.05, 4.69) is 26.1 Å². The molecule has 0 aliphatic heterocycles. The Balaban J connectivity index is 2.98. The van der Waals surface area contributed by atoms with Crippen molar-refractivity contribution in [1.29, 1.82) is 0 Å². The Bertz CT molecular complexity index is 533. The average Bonchev–Trinajstić information content (AvgIpc) is 2.28. The highest BCUT2D eigenvalue weighted by atomic mass is 19.1. The summed E-state index contributed by atoms with van der Waals surface area (Å²) in [5.41, 5.74) is -0.650. The lowest BCUT2D eigenvalue weighted by molar-refractivity contribution is 0.0887. The summed E-state index contributed by atoms with van der Waals surface area (Å²) in [5.74, 6) is -2.23. The number of phenolic OH excluding ortho intramolecular Hbond substituents is 1. The zero-order chi connectivity index (χ0) is 16.4. The van der Waals surface area contributed by atoms with Crippen LogP contribution in [0.1, 0.15) is 57.0 Å². The largest absolute Gasteiger partial charge is 0.504 e. The topological polar surface area (TPSA) is 69.6 Å². The Morgan fingerprint density at radius 1 is 1.24 bits per heavy atom. The van der Waals surface area contributed by atoms with Crippen LogP contribution in [0.2, 0.25) is 0 Å². The number of halogens is 1. The van der Waals surface area contributed by atoms with Crippen LogP contribution in [0.25, 0.3) is 0 Å². The summed E-state index contributed by atoms with van der Waals surface area (Å²) in [4.78, 5) is 12.2. The van der Waals surface area contributed by atoms with E-state index >= 15 is 0 Å². The first kappa shape index (κ1) is 17.4. The van der Waals surface area contributed by atoms with E-state index in [1.807, 2.05) is 13.8 Å². The minimum absolute atomic E-state index is 0.0187. The number of benzene rings is 1. The summed E-state index contributed by atoms with van der Waals surface area (Å²) in [6, 6.07) is 2.60. The van der Waals surface area contributed by atoms with Crippen molar-refractivity contribution in [2.75, 3.05) is 0 Å². The number of aliphatic hydroxyl groups is 1. The van der Waals surface area contributed by atoms with Crippen molar-refractivity contribution in [3.63, 3.8) is 0 Å². The maximum Gasteiger partial charge on any atom is 0.255 e. The molecule has 0 aliphatic rings. The van der Waals surface area contributed by atoms with E-state index in [1.54, 1.807) is 0 Å². The first-order chi connectivity index (χ1) is 9.47. The molecule has 0 saturated carbocycles. The van der Waals surface area contributed by atoms with Gasteiger partial charge in [0.05, 0.1) is 12.2 Å². The molecule has 0 fully saturated rings. The lowest BCUT2D eigenvalue weighted by Crippen LogP contribution is -2.45.